The predicted octanol–water partition coefficient (Wildman–Crippen LogP) is 4.23. The van der Waals surface area contributed by atoms with Crippen molar-refractivity contribution in [3.05, 3.63) is 95.6 Å². The molecule has 1 fully saturated rings. The number of carboxylic acids is 1. The number of thioether (sulfide) groups is 1. The molecule has 3 atom stereocenters. The van der Waals surface area contributed by atoms with Crippen LogP contribution in [0.3, 0.4) is 0 Å². The van der Waals surface area contributed by atoms with Crippen LogP contribution in [0.5, 0.6) is 11.5 Å². The van der Waals surface area contributed by atoms with Gasteiger partial charge < -0.3 is 29.9 Å². The maximum Gasteiger partial charge on any atom is 0.514 e. The Bertz CT molecular complexity index is 1480. The number of likely N-dealkylation sites (tertiary alicyclic amines) is 1. The largest absolute Gasteiger partial charge is 0.514 e. The number of carbonyl (C=O) groups is 5. The molecule has 0 radical (unpaired) electrons. The molecule has 2 unspecified atom stereocenters. The highest BCUT2D eigenvalue weighted by molar-refractivity contribution is 8.14. The molecule has 44 heavy (non-hydrogen) atoms. The maximum absolute atomic E-state index is 13.2. The lowest BCUT2D eigenvalue weighted by atomic mass is 10.0. The van der Waals surface area contributed by atoms with Crippen LogP contribution >= 0.6 is 11.8 Å². The summed E-state index contributed by atoms with van der Waals surface area (Å²) in [4.78, 5) is 63.5. The van der Waals surface area contributed by atoms with Crippen LogP contribution in [0.4, 0.5) is 4.79 Å². The van der Waals surface area contributed by atoms with Gasteiger partial charge in [0, 0.05) is 6.92 Å². The number of benzene rings is 3. The minimum atomic E-state index is -1.15. The monoisotopic (exact) mass is 620 g/mol. The number of rotatable bonds is 11. The number of hydrogen-bond acceptors (Lipinski definition) is 9. The van der Waals surface area contributed by atoms with Crippen LogP contribution in [0.25, 0.3) is 0 Å². The fraction of sp³-hybridized carbons (Fsp3) is 0.281. The molecule has 3 aromatic rings. The number of amides is 2. The Labute approximate surface area is 258 Å². The van der Waals surface area contributed by atoms with Gasteiger partial charge in [0.15, 0.2) is 5.12 Å². The Kier molecular flexibility index (Phi) is 11.0. The lowest BCUT2D eigenvalue weighted by molar-refractivity contribution is -0.149. The Hall–Kier alpha value is -4.84. The van der Waals surface area contributed by atoms with Crippen molar-refractivity contribution in [2.45, 2.75) is 50.1 Å². The highest BCUT2D eigenvalue weighted by atomic mass is 32.2. The molecule has 3 aromatic carbocycles. The topological polar surface area (TPSA) is 160 Å². The standard InChI is InChI=1S/C32H32N2O9S/c1-20(35)44-28(17-21-7-13-25(14-8-21)43-32(41)42-19-22-5-3-2-4-6-22)30(38)33-18-29(37)34-26(15-16-27(34)31(39)40)23-9-11-24(36)12-10-23/h2-14,26-28,36H,15-19H2,1H3,(H,33,38)(H,39,40)/t26?,27-,28?/m0/s1. The van der Waals surface area contributed by atoms with Crippen molar-refractivity contribution < 1.29 is 43.7 Å². The third-order valence-electron chi connectivity index (χ3n) is 7.00. The van der Waals surface area contributed by atoms with Crippen LogP contribution in [0.1, 0.15) is 42.5 Å². The van der Waals surface area contributed by atoms with Gasteiger partial charge in [0.1, 0.15) is 24.1 Å². The van der Waals surface area contributed by atoms with Gasteiger partial charge in [-0.15, -0.1) is 0 Å². The van der Waals surface area contributed by atoms with Gasteiger partial charge in [-0.05, 0) is 60.2 Å². The fourth-order valence-corrected chi connectivity index (χ4v) is 5.80. The number of nitrogens with one attached hydrogen (secondary N) is 1. The number of aliphatic carboxylic acids is 1. The molecule has 3 N–H and O–H groups in total. The van der Waals surface area contributed by atoms with E-state index in [1.807, 2.05) is 30.3 Å². The second-order valence-corrected chi connectivity index (χ2v) is 11.5. The zero-order chi connectivity index (χ0) is 31.6. The lowest BCUT2D eigenvalue weighted by Gasteiger charge is -2.29. The van der Waals surface area contributed by atoms with Gasteiger partial charge >= 0.3 is 12.1 Å². The van der Waals surface area contributed by atoms with Gasteiger partial charge in [0.25, 0.3) is 0 Å². The van der Waals surface area contributed by atoms with Gasteiger partial charge in [-0.1, -0.05) is 66.4 Å². The highest BCUT2D eigenvalue weighted by Gasteiger charge is 2.41. The lowest BCUT2D eigenvalue weighted by Crippen LogP contribution is -2.47. The summed E-state index contributed by atoms with van der Waals surface area (Å²) in [6, 6.07) is 20.1. The average molecular weight is 621 g/mol. The zero-order valence-electron chi connectivity index (χ0n) is 23.9. The number of hydrogen-bond donors (Lipinski definition) is 3. The summed E-state index contributed by atoms with van der Waals surface area (Å²) in [6.07, 6.45) is -0.0742. The van der Waals surface area contributed by atoms with Gasteiger partial charge in [0.05, 0.1) is 17.8 Å². The molecule has 0 spiro atoms. The van der Waals surface area contributed by atoms with Gasteiger partial charge in [-0.25, -0.2) is 9.59 Å². The average Bonchev–Trinajstić information content (AvgIpc) is 3.46. The van der Waals surface area contributed by atoms with Crippen molar-refractivity contribution in [1.82, 2.24) is 10.2 Å². The Morgan fingerprint density at radius 2 is 1.61 bits per heavy atom. The van der Waals surface area contributed by atoms with Gasteiger partial charge in [-0.2, -0.15) is 0 Å². The van der Waals surface area contributed by atoms with Crippen LogP contribution in [-0.2, 0) is 36.9 Å². The van der Waals surface area contributed by atoms with E-state index in [0.717, 1.165) is 17.3 Å². The molecular formula is C32H32N2O9S. The number of nitrogens with zero attached hydrogens (tertiary/aromatic N) is 1. The molecule has 12 heteroatoms. The summed E-state index contributed by atoms with van der Waals surface area (Å²) in [5.74, 6) is -2.00. The number of carboxylic acid groups (broad SMARTS) is 1. The van der Waals surface area contributed by atoms with Crippen molar-refractivity contribution in [3.8, 4) is 11.5 Å². The minimum absolute atomic E-state index is 0.0455. The van der Waals surface area contributed by atoms with Crippen molar-refractivity contribution in [2.75, 3.05) is 6.54 Å². The number of carbonyl (C=O) groups excluding carboxylic acids is 4. The van der Waals surface area contributed by atoms with Crippen LogP contribution in [-0.4, -0.2) is 62.0 Å². The smallest absolute Gasteiger partial charge is 0.508 e. The molecule has 11 nitrogen and oxygen atoms in total. The van der Waals surface area contributed by atoms with E-state index in [-0.39, 0.29) is 36.1 Å². The van der Waals surface area contributed by atoms with Crippen molar-refractivity contribution in [1.29, 1.82) is 0 Å². The van der Waals surface area contributed by atoms with E-state index < -0.39 is 47.8 Å². The summed E-state index contributed by atoms with van der Waals surface area (Å²) in [5, 5.41) is 20.7. The van der Waals surface area contributed by atoms with E-state index in [9.17, 15) is 34.2 Å². The molecule has 0 bridgehead atoms. The maximum atomic E-state index is 13.2. The molecule has 1 saturated heterocycles. The number of aromatic hydroxyl groups is 1. The fourth-order valence-electron chi connectivity index (χ4n) is 4.93. The molecule has 1 aliphatic rings. The SMILES string of the molecule is CC(=O)SC(Cc1ccc(OC(=O)OCc2ccccc2)cc1)C(=O)NCC(=O)N1C(c2ccc(O)cc2)CC[C@H]1C(=O)O. The van der Waals surface area contributed by atoms with E-state index in [1.165, 1.54) is 24.0 Å². The highest BCUT2D eigenvalue weighted by Crippen LogP contribution is 2.37. The molecule has 230 valence electrons. The summed E-state index contributed by atoms with van der Waals surface area (Å²) in [7, 11) is 0. The molecule has 2 amide bonds. The first-order valence-electron chi connectivity index (χ1n) is 13.9. The molecule has 0 aromatic heterocycles. The molecule has 0 aliphatic carbocycles. The zero-order valence-corrected chi connectivity index (χ0v) is 24.7. The Morgan fingerprint density at radius 3 is 2.25 bits per heavy atom. The van der Waals surface area contributed by atoms with Gasteiger partial charge in [0.2, 0.25) is 11.8 Å². The summed E-state index contributed by atoms with van der Waals surface area (Å²) < 4.78 is 10.3. The first-order valence-corrected chi connectivity index (χ1v) is 14.7. The predicted molar refractivity (Wildman–Crippen MR) is 161 cm³/mol. The summed E-state index contributed by atoms with van der Waals surface area (Å²) in [5.41, 5.74) is 2.16. The molecular weight excluding hydrogens is 588 g/mol. The van der Waals surface area contributed by atoms with Crippen LogP contribution < -0.4 is 10.1 Å². The third-order valence-corrected chi connectivity index (χ3v) is 7.99. The molecule has 1 aliphatic heterocycles. The van der Waals surface area contributed by atoms with E-state index in [4.69, 9.17) is 9.47 Å². The summed E-state index contributed by atoms with van der Waals surface area (Å²) >= 11 is 0.811. The molecule has 0 saturated carbocycles. The number of phenols is 1. The van der Waals surface area contributed by atoms with Crippen LogP contribution in [0.2, 0.25) is 0 Å². The van der Waals surface area contributed by atoms with Crippen LogP contribution in [0, 0.1) is 0 Å². The Balaban J connectivity index is 1.35. The van der Waals surface area contributed by atoms with Crippen molar-refractivity contribution in [3.63, 3.8) is 0 Å². The minimum Gasteiger partial charge on any atom is -0.508 e. The number of phenolic OH excluding ortho intramolecular Hbond substituents is 1. The number of ether oxygens (including phenoxy) is 2. The van der Waals surface area contributed by atoms with Crippen molar-refractivity contribution in [2.24, 2.45) is 0 Å². The Morgan fingerprint density at radius 1 is 0.932 bits per heavy atom. The first-order chi connectivity index (χ1) is 21.1. The third kappa shape index (κ3) is 8.83. The normalized spacial score (nSPS) is 16.5. The quantitative estimate of drug-likeness (QED) is 0.209. The first kappa shape index (κ1) is 32.1. The van der Waals surface area contributed by atoms with Crippen LogP contribution in [0.15, 0.2) is 78.9 Å². The van der Waals surface area contributed by atoms with Crippen molar-refractivity contribution >= 4 is 40.8 Å². The van der Waals surface area contributed by atoms with E-state index in [0.29, 0.717) is 17.5 Å². The van der Waals surface area contributed by atoms with E-state index >= 15 is 0 Å². The molecule has 1 heterocycles. The van der Waals surface area contributed by atoms with Gasteiger partial charge in [-0.3, -0.25) is 14.4 Å². The second-order valence-electron chi connectivity index (χ2n) is 10.1. The second kappa shape index (κ2) is 15.1. The van der Waals surface area contributed by atoms with E-state index in [2.05, 4.69) is 5.32 Å². The summed E-state index contributed by atoms with van der Waals surface area (Å²) in [6.45, 7) is 0.938. The van der Waals surface area contributed by atoms with E-state index in [1.54, 1.807) is 36.4 Å². The molecule has 4 rings (SSSR count).